The van der Waals surface area contributed by atoms with Gasteiger partial charge in [-0.3, -0.25) is 9.48 Å². The summed E-state index contributed by atoms with van der Waals surface area (Å²) in [6.07, 6.45) is 5.50. The molecule has 1 aromatic carbocycles. The lowest BCUT2D eigenvalue weighted by Gasteiger charge is -2.25. The maximum Gasteiger partial charge on any atom is 0.273 e. The SMILES string of the molecule is O=C(NCc1nc(-c2ccccc2)no1)c1cn(CCN2CCCCC2)nn1. The van der Waals surface area contributed by atoms with Crippen LogP contribution < -0.4 is 5.32 Å². The van der Waals surface area contributed by atoms with Crippen LogP contribution in [-0.4, -0.2) is 55.6 Å². The number of aromatic nitrogens is 5. The fourth-order valence-corrected chi connectivity index (χ4v) is 3.22. The molecule has 2 aromatic heterocycles. The topological polar surface area (TPSA) is 102 Å². The van der Waals surface area contributed by atoms with Crippen molar-refractivity contribution in [3.05, 3.63) is 48.1 Å². The summed E-state index contributed by atoms with van der Waals surface area (Å²) < 4.78 is 6.91. The van der Waals surface area contributed by atoms with Crippen LogP contribution >= 0.6 is 0 Å². The number of rotatable bonds is 7. The second-order valence-corrected chi connectivity index (χ2v) is 6.83. The van der Waals surface area contributed by atoms with E-state index in [1.165, 1.54) is 19.3 Å². The van der Waals surface area contributed by atoms with Gasteiger partial charge in [0.2, 0.25) is 11.7 Å². The van der Waals surface area contributed by atoms with Crippen molar-refractivity contribution in [3.63, 3.8) is 0 Å². The molecule has 0 radical (unpaired) electrons. The van der Waals surface area contributed by atoms with E-state index in [1.807, 2.05) is 30.3 Å². The molecular weight excluding hydrogens is 358 g/mol. The summed E-state index contributed by atoms with van der Waals surface area (Å²) in [6, 6.07) is 9.53. The second kappa shape index (κ2) is 8.75. The van der Waals surface area contributed by atoms with E-state index in [-0.39, 0.29) is 18.1 Å². The number of hydrogen-bond acceptors (Lipinski definition) is 7. The number of carbonyl (C=O) groups is 1. The van der Waals surface area contributed by atoms with Crippen molar-refractivity contribution < 1.29 is 9.32 Å². The van der Waals surface area contributed by atoms with Crippen molar-refractivity contribution in [1.29, 1.82) is 0 Å². The van der Waals surface area contributed by atoms with Crippen molar-refractivity contribution in [1.82, 2.24) is 35.4 Å². The number of amides is 1. The van der Waals surface area contributed by atoms with E-state index in [2.05, 4.69) is 30.7 Å². The van der Waals surface area contributed by atoms with E-state index >= 15 is 0 Å². The van der Waals surface area contributed by atoms with Gasteiger partial charge < -0.3 is 14.7 Å². The fraction of sp³-hybridized carbons (Fsp3) is 0.421. The zero-order chi connectivity index (χ0) is 19.2. The Hall–Kier alpha value is -3.07. The van der Waals surface area contributed by atoms with Crippen LogP contribution in [0, 0.1) is 0 Å². The van der Waals surface area contributed by atoms with Gasteiger partial charge in [0.05, 0.1) is 19.3 Å². The van der Waals surface area contributed by atoms with Crippen molar-refractivity contribution in [2.45, 2.75) is 32.4 Å². The molecule has 0 bridgehead atoms. The molecule has 1 amide bonds. The molecule has 4 rings (SSSR count). The minimum Gasteiger partial charge on any atom is -0.342 e. The number of hydrogen-bond donors (Lipinski definition) is 1. The molecule has 0 saturated carbocycles. The average molecular weight is 381 g/mol. The summed E-state index contributed by atoms with van der Waals surface area (Å²) in [5.41, 5.74) is 1.14. The van der Waals surface area contributed by atoms with E-state index < -0.39 is 0 Å². The molecule has 146 valence electrons. The third-order valence-electron chi connectivity index (χ3n) is 4.77. The first-order chi connectivity index (χ1) is 13.8. The largest absolute Gasteiger partial charge is 0.342 e. The summed E-state index contributed by atoms with van der Waals surface area (Å²) in [7, 11) is 0. The number of piperidine rings is 1. The molecule has 3 aromatic rings. The first kappa shape index (κ1) is 18.3. The van der Waals surface area contributed by atoms with E-state index in [0.29, 0.717) is 11.7 Å². The minimum absolute atomic E-state index is 0.138. The Kier molecular flexibility index (Phi) is 5.72. The van der Waals surface area contributed by atoms with Crippen LogP contribution in [0.15, 0.2) is 41.1 Å². The molecule has 1 aliphatic heterocycles. The first-order valence-electron chi connectivity index (χ1n) is 9.56. The van der Waals surface area contributed by atoms with Crippen molar-refractivity contribution in [2.24, 2.45) is 0 Å². The predicted molar refractivity (Wildman–Crippen MR) is 101 cm³/mol. The quantitative estimate of drug-likeness (QED) is 0.665. The van der Waals surface area contributed by atoms with Gasteiger partial charge in [0.1, 0.15) is 0 Å². The first-order valence-corrected chi connectivity index (χ1v) is 9.56. The molecule has 28 heavy (non-hydrogen) atoms. The lowest BCUT2D eigenvalue weighted by atomic mass is 10.1. The summed E-state index contributed by atoms with van der Waals surface area (Å²) in [5, 5.41) is 14.7. The molecule has 1 saturated heterocycles. The molecule has 1 fully saturated rings. The smallest absolute Gasteiger partial charge is 0.273 e. The normalized spacial score (nSPS) is 14.9. The van der Waals surface area contributed by atoms with Gasteiger partial charge in [0.25, 0.3) is 5.91 Å². The average Bonchev–Trinajstić information content (AvgIpc) is 3.42. The van der Waals surface area contributed by atoms with Crippen LogP contribution in [0.2, 0.25) is 0 Å². The Bertz CT molecular complexity index is 900. The lowest BCUT2D eigenvalue weighted by molar-refractivity contribution is 0.0941. The van der Waals surface area contributed by atoms with Crippen LogP contribution in [-0.2, 0) is 13.1 Å². The molecule has 0 unspecified atom stereocenters. The Morgan fingerprint density at radius 1 is 1.11 bits per heavy atom. The van der Waals surface area contributed by atoms with Gasteiger partial charge in [-0.2, -0.15) is 4.98 Å². The van der Waals surface area contributed by atoms with Crippen LogP contribution in [0.5, 0.6) is 0 Å². The number of likely N-dealkylation sites (tertiary alicyclic amines) is 1. The van der Waals surface area contributed by atoms with E-state index in [1.54, 1.807) is 10.9 Å². The zero-order valence-corrected chi connectivity index (χ0v) is 15.6. The van der Waals surface area contributed by atoms with Crippen LogP contribution in [0.4, 0.5) is 0 Å². The summed E-state index contributed by atoms with van der Waals surface area (Å²) in [4.78, 5) is 19.0. The summed E-state index contributed by atoms with van der Waals surface area (Å²) >= 11 is 0. The van der Waals surface area contributed by atoms with Crippen LogP contribution in [0.1, 0.15) is 35.6 Å². The highest BCUT2D eigenvalue weighted by molar-refractivity contribution is 5.91. The highest BCUT2D eigenvalue weighted by atomic mass is 16.5. The van der Waals surface area contributed by atoms with E-state index in [0.717, 1.165) is 31.7 Å². The number of benzene rings is 1. The van der Waals surface area contributed by atoms with Gasteiger partial charge in [-0.15, -0.1) is 5.10 Å². The van der Waals surface area contributed by atoms with Crippen molar-refractivity contribution in [3.8, 4) is 11.4 Å². The number of carbonyl (C=O) groups excluding carboxylic acids is 1. The third kappa shape index (κ3) is 4.61. The molecule has 0 atom stereocenters. The van der Waals surface area contributed by atoms with Crippen molar-refractivity contribution >= 4 is 5.91 Å². The third-order valence-corrected chi connectivity index (χ3v) is 4.77. The number of nitrogens with one attached hydrogen (secondary N) is 1. The standard InChI is InChI=1S/C19H23N7O2/c27-19(16-14-26(24-22-16)12-11-25-9-5-2-6-10-25)20-13-17-21-18(23-28-17)15-7-3-1-4-8-15/h1,3-4,7-8,14H,2,5-6,9-13H2,(H,20,27). The Labute approximate surface area is 162 Å². The molecule has 1 aliphatic rings. The molecule has 0 aliphatic carbocycles. The Balaban J connectivity index is 1.27. The van der Waals surface area contributed by atoms with Crippen LogP contribution in [0.3, 0.4) is 0 Å². The predicted octanol–water partition coefficient (Wildman–Crippen LogP) is 1.74. The Morgan fingerprint density at radius 2 is 1.93 bits per heavy atom. The molecule has 3 heterocycles. The molecule has 9 nitrogen and oxygen atoms in total. The van der Waals surface area contributed by atoms with E-state index in [4.69, 9.17) is 4.52 Å². The second-order valence-electron chi connectivity index (χ2n) is 6.83. The molecular formula is C19H23N7O2. The maximum absolute atomic E-state index is 12.3. The van der Waals surface area contributed by atoms with Crippen LogP contribution in [0.25, 0.3) is 11.4 Å². The molecule has 1 N–H and O–H groups in total. The van der Waals surface area contributed by atoms with Gasteiger partial charge in [-0.05, 0) is 25.9 Å². The van der Waals surface area contributed by atoms with E-state index in [9.17, 15) is 4.79 Å². The van der Waals surface area contributed by atoms with Gasteiger partial charge in [0, 0.05) is 12.1 Å². The van der Waals surface area contributed by atoms with Gasteiger partial charge in [-0.1, -0.05) is 47.1 Å². The minimum atomic E-state index is -0.316. The lowest BCUT2D eigenvalue weighted by Crippen LogP contribution is -2.32. The fourth-order valence-electron chi connectivity index (χ4n) is 3.22. The monoisotopic (exact) mass is 381 g/mol. The zero-order valence-electron chi connectivity index (χ0n) is 15.6. The highest BCUT2D eigenvalue weighted by Gasteiger charge is 2.15. The maximum atomic E-state index is 12.3. The molecule has 0 spiro atoms. The van der Waals surface area contributed by atoms with Crippen molar-refractivity contribution in [2.75, 3.05) is 19.6 Å². The summed E-state index contributed by atoms with van der Waals surface area (Å²) in [6.45, 7) is 4.06. The highest BCUT2D eigenvalue weighted by Crippen LogP contribution is 2.14. The molecule has 9 heteroatoms. The number of nitrogens with zero attached hydrogens (tertiary/aromatic N) is 6. The Morgan fingerprint density at radius 3 is 2.75 bits per heavy atom. The van der Waals surface area contributed by atoms with Gasteiger partial charge in [0.15, 0.2) is 5.69 Å². The van der Waals surface area contributed by atoms with Gasteiger partial charge in [-0.25, -0.2) is 0 Å². The van der Waals surface area contributed by atoms with Gasteiger partial charge >= 0.3 is 0 Å². The summed E-state index contributed by atoms with van der Waals surface area (Å²) in [5.74, 6) is 0.516.